The number of nitrogens with zero attached hydrogens (tertiary/aromatic N) is 2. The van der Waals surface area contributed by atoms with Gasteiger partial charge in [0.2, 0.25) is 11.8 Å². The van der Waals surface area contributed by atoms with Crippen LogP contribution in [-0.2, 0) is 22.3 Å². The lowest BCUT2D eigenvalue weighted by molar-refractivity contribution is 0.477. The summed E-state index contributed by atoms with van der Waals surface area (Å²) in [7, 11) is -1.15. The zero-order valence-corrected chi connectivity index (χ0v) is 13.5. The first-order chi connectivity index (χ1) is 11.2. The van der Waals surface area contributed by atoms with Crippen LogP contribution in [-0.4, -0.2) is 14.4 Å². The first-order valence-corrected chi connectivity index (χ1v) is 8.64. The Labute approximate surface area is 136 Å². The molecule has 3 rings (SSSR count). The van der Waals surface area contributed by atoms with Crippen molar-refractivity contribution < 1.29 is 13.4 Å². The van der Waals surface area contributed by atoms with Crippen molar-refractivity contribution in [2.75, 3.05) is 0 Å². The van der Waals surface area contributed by atoms with Crippen LogP contribution in [0.5, 0.6) is 11.5 Å². The Morgan fingerprint density at radius 1 is 1.00 bits per heavy atom. The zero-order valence-electron chi connectivity index (χ0n) is 12.6. The largest absolute Gasteiger partial charge is 0.457 e. The van der Waals surface area contributed by atoms with Crippen LogP contribution in [0.1, 0.15) is 17.3 Å². The second-order valence-electron chi connectivity index (χ2n) is 4.97. The van der Waals surface area contributed by atoms with Crippen molar-refractivity contribution >= 4 is 10.8 Å². The second kappa shape index (κ2) is 7.19. The molecule has 0 saturated carbocycles. The molecule has 3 aromatic rings. The molecule has 118 valence electrons. The van der Waals surface area contributed by atoms with Crippen molar-refractivity contribution in [1.82, 2.24) is 10.2 Å². The molecular formula is C17H16N2O3S. The number of ether oxygens (including phenoxy) is 1. The molecule has 1 heterocycles. The first kappa shape index (κ1) is 15.4. The van der Waals surface area contributed by atoms with Gasteiger partial charge in [-0.2, -0.15) is 0 Å². The van der Waals surface area contributed by atoms with E-state index in [9.17, 15) is 4.21 Å². The van der Waals surface area contributed by atoms with Crippen LogP contribution in [0, 0.1) is 6.92 Å². The number of hydrogen-bond acceptors (Lipinski definition) is 5. The molecule has 2 aromatic carbocycles. The van der Waals surface area contributed by atoms with E-state index in [0.717, 1.165) is 11.3 Å². The predicted molar refractivity (Wildman–Crippen MR) is 87.5 cm³/mol. The highest BCUT2D eigenvalue weighted by atomic mass is 32.2. The molecule has 0 bridgehead atoms. The summed E-state index contributed by atoms with van der Waals surface area (Å²) in [5, 5.41) is 7.62. The van der Waals surface area contributed by atoms with Crippen LogP contribution >= 0.6 is 0 Å². The van der Waals surface area contributed by atoms with E-state index < -0.39 is 10.8 Å². The maximum Gasteiger partial charge on any atom is 0.228 e. The molecule has 0 fully saturated rings. The fraction of sp³-hybridized carbons (Fsp3) is 0.176. The van der Waals surface area contributed by atoms with E-state index in [-0.39, 0.29) is 5.75 Å². The third kappa shape index (κ3) is 4.26. The SMILES string of the molecule is Cc1nnc(C[S@](=O)Cc2ccccc2Oc2ccccc2)o1. The third-order valence-corrected chi connectivity index (χ3v) is 4.31. The second-order valence-corrected chi connectivity index (χ2v) is 6.42. The molecule has 0 amide bonds. The quantitative estimate of drug-likeness (QED) is 0.691. The molecule has 0 aliphatic rings. The third-order valence-electron chi connectivity index (χ3n) is 3.11. The molecule has 23 heavy (non-hydrogen) atoms. The van der Waals surface area contributed by atoms with Crippen molar-refractivity contribution in [1.29, 1.82) is 0 Å². The monoisotopic (exact) mass is 328 g/mol. The minimum Gasteiger partial charge on any atom is -0.457 e. The maximum absolute atomic E-state index is 12.3. The standard InChI is InChI=1S/C17H16N2O3S/c1-13-18-19-17(21-13)12-23(20)11-14-7-5-6-10-16(14)22-15-8-3-2-4-9-15/h2-10H,11-12H2,1H3/t23-/m1/s1. The molecule has 0 aliphatic heterocycles. The Bertz CT molecular complexity index is 802. The summed E-state index contributed by atoms with van der Waals surface area (Å²) in [6, 6.07) is 17.1. The van der Waals surface area contributed by atoms with Gasteiger partial charge in [0, 0.05) is 23.3 Å². The van der Waals surface area contributed by atoms with Gasteiger partial charge in [0.1, 0.15) is 17.3 Å². The van der Waals surface area contributed by atoms with Crippen LogP contribution in [0.25, 0.3) is 0 Å². The van der Waals surface area contributed by atoms with E-state index in [1.807, 2.05) is 54.6 Å². The number of hydrogen-bond donors (Lipinski definition) is 0. The molecule has 0 aliphatic carbocycles. The van der Waals surface area contributed by atoms with E-state index in [0.29, 0.717) is 23.3 Å². The summed E-state index contributed by atoms with van der Waals surface area (Å²) in [6.07, 6.45) is 0. The van der Waals surface area contributed by atoms with Gasteiger partial charge in [0.05, 0.1) is 5.75 Å². The molecule has 5 nitrogen and oxygen atoms in total. The fourth-order valence-electron chi connectivity index (χ4n) is 2.10. The van der Waals surface area contributed by atoms with Crippen molar-refractivity contribution in [3.05, 3.63) is 71.9 Å². The molecule has 0 N–H and O–H groups in total. The first-order valence-electron chi connectivity index (χ1n) is 7.15. The van der Waals surface area contributed by atoms with Crippen LogP contribution in [0.3, 0.4) is 0 Å². The summed E-state index contributed by atoms with van der Waals surface area (Å²) < 4.78 is 23.5. The summed E-state index contributed by atoms with van der Waals surface area (Å²) in [5.74, 6) is 2.92. The lowest BCUT2D eigenvalue weighted by Gasteiger charge is -2.10. The number of aryl methyl sites for hydroxylation is 1. The van der Waals surface area contributed by atoms with E-state index in [2.05, 4.69) is 10.2 Å². The van der Waals surface area contributed by atoms with Crippen molar-refractivity contribution in [3.8, 4) is 11.5 Å². The van der Waals surface area contributed by atoms with Gasteiger partial charge < -0.3 is 9.15 Å². The predicted octanol–water partition coefficient (Wildman–Crippen LogP) is 3.62. The zero-order chi connectivity index (χ0) is 16.1. The minimum absolute atomic E-state index is 0.237. The van der Waals surface area contributed by atoms with Gasteiger partial charge in [0.15, 0.2) is 0 Å². The van der Waals surface area contributed by atoms with E-state index in [4.69, 9.17) is 9.15 Å². The van der Waals surface area contributed by atoms with Gasteiger partial charge in [-0.25, -0.2) is 0 Å². The highest BCUT2D eigenvalue weighted by molar-refractivity contribution is 7.83. The molecule has 0 radical (unpaired) electrons. The Balaban J connectivity index is 1.71. The van der Waals surface area contributed by atoms with Crippen LogP contribution < -0.4 is 4.74 Å². The Morgan fingerprint density at radius 3 is 2.48 bits per heavy atom. The fourth-order valence-corrected chi connectivity index (χ4v) is 3.18. The number of benzene rings is 2. The van der Waals surface area contributed by atoms with Gasteiger partial charge >= 0.3 is 0 Å². The van der Waals surface area contributed by atoms with Crippen LogP contribution in [0.2, 0.25) is 0 Å². The van der Waals surface area contributed by atoms with Crippen molar-refractivity contribution in [2.24, 2.45) is 0 Å². The molecule has 0 saturated heterocycles. The maximum atomic E-state index is 12.3. The molecule has 6 heteroatoms. The van der Waals surface area contributed by atoms with Crippen LogP contribution in [0.15, 0.2) is 59.0 Å². The summed E-state index contributed by atoms with van der Waals surface area (Å²) in [6.45, 7) is 1.71. The van der Waals surface area contributed by atoms with E-state index in [1.165, 1.54) is 0 Å². The molecular weight excluding hydrogens is 312 g/mol. The summed E-state index contributed by atoms with van der Waals surface area (Å²) in [4.78, 5) is 0. The Kier molecular flexibility index (Phi) is 4.83. The molecule has 0 unspecified atom stereocenters. The Hall–Kier alpha value is -2.47. The van der Waals surface area contributed by atoms with E-state index >= 15 is 0 Å². The van der Waals surface area contributed by atoms with Crippen LogP contribution in [0.4, 0.5) is 0 Å². The van der Waals surface area contributed by atoms with Gasteiger partial charge in [-0.05, 0) is 18.2 Å². The normalized spacial score (nSPS) is 12.0. The van der Waals surface area contributed by atoms with Gasteiger partial charge in [-0.1, -0.05) is 36.4 Å². The number of aromatic nitrogens is 2. The van der Waals surface area contributed by atoms with Crippen molar-refractivity contribution in [2.45, 2.75) is 18.4 Å². The Morgan fingerprint density at radius 2 is 1.74 bits per heavy atom. The highest BCUT2D eigenvalue weighted by Gasteiger charge is 2.12. The van der Waals surface area contributed by atoms with Crippen molar-refractivity contribution in [3.63, 3.8) is 0 Å². The number of para-hydroxylation sites is 2. The van der Waals surface area contributed by atoms with Gasteiger partial charge in [-0.3, -0.25) is 4.21 Å². The molecule has 1 atom stereocenters. The average Bonchev–Trinajstić information content (AvgIpc) is 2.95. The lowest BCUT2D eigenvalue weighted by atomic mass is 10.2. The minimum atomic E-state index is -1.15. The topological polar surface area (TPSA) is 65.2 Å². The van der Waals surface area contributed by atoms with Gasteiger partial charge in [-0.15, -0.1) is 10.2 Å². The van der Waals surface area contributed by atoms with Gasteiger partial charge in [0.25, 0.3) is 0 Å². The number of rotatable bonds is 6. The highest BCUT2D eigenvalue weighted by Crippen LogP contribution is 2.26. The molecule has 1 aromatic heterocycles. The lowest BCUT2D eigenvalue weighted by Crippen LogP contribution is -2.01. The molecule has 0 spiro atoms. The summed E-state index contributed by atoms with van der Waals surface area (Å²) in [5.41, 5.74) is 0.880. The van der Waals surface area contributed by atoms with E-state index in [1.54, 1.807) is 6.92 Å². The smallest absolute Gasteiger partial charge is 0.228 e. The average molecular weight is 328 g/mol. The summed E-state index contributed by atoms with van der Waals surface area (Å²) >= 11 is 0.